The van der Waals surface area contributed by atoms with Crippen LogP contribution in [0.2, 0.25) is 0 Å². The maximum Gasteiger partial charge on any atom is 0.131 e. The van der Waals surface area contributed by atoms with E-state index in [4.69, 9.17) is 4.74 Å². The molecule has 0 heterocycles. The van der Waals surface area contributed by atoms with Crippen LogP contribution in [0.3, 0.4) is 0 Å². The number of hydrogen-bond donors (Lipinski definition) is 0. The summed E-state index contributed by atoms with van der Waals surface area (Å²) in [6, 6.07) is 19.3. The van der Waals surface area contributed by atoms with Crippen molar-refractivity contribution in [3.05, 3.63) is 121 Å². The Bertz CT molecular complexity index is 2020. The van der Waals surface area contributed by atoms with Crippen molar-refractivity contribution in [3.8, 4) is 28.0 Å². The molecule has 48 heavy (non-hydrogen) atoms. The summed E-state index contributed by atoms with van der Waals surface area (Å²) < 4.78 is 6.36. The maximum absolute atomic E-state index is 6.36. The lowest BCUT2D eigenvalue weighted by Gasteiger charge is -2.46. The molecule has 7 rings (SSSR count). The average Bonchev–Trinajstić information content (AvgIpc) is 3.67. The second-order valence-electron chi connectivity index (χ2n) is 16.6. The van der Waals surface area contributed by atoms with Gasteiger partial charge in [0.05, 0.1) is 7.11 Å². The fourth-order valence-electron chi connectivity index (χ4n) is 9.70. The number of methoxy groups -OCH3 is 1. The summed E-state index contributed by atoms with van der Waals surface area (Å²) in [5.74, 6) is 1.03. The van der Waals surface area contributed by atoms with Gasteiger partial charge in [-0.05, 0) is 135 Å². The molecule has 0 amide bonds. The van der Waals surface area contributed by atoms with Gasteiger partial charge in [0.15, 0.2) is 0 Å². The van der Waals surface area contributed by atoms with Crippen LogP contribution < -0.4 is 4.74 Å². The molecule has 2 unspecified atom stereocenters. The lowest BCUT2D eigenvalue weighted by atomic mass is 9.81. The molecule has 4 aromatic rings. The molecule has 0 fully saturated rings. The first-order chi connectivity index (χ1) is 22.6. The number of rotatable bonds is 5. The summed E-state index contributed by atoms with van der Waals surface area (Å²) >= 11 is 0. The Morgan fingerprint density at radius 3 is 1.60 bits per heavy atom. The quantitative estimate of drug-likeness (QED) is 0.208. The zero-order valence-corrected chi connectivity index (χ0v) is 32.2. The van der Waals surface area contributed by atoms with Crippen molar-refractivity contribution in [3.63, 3.8) is 0 Å². The van der Waals surface area contributed by atoms with Crippen LogP contribution in [0.4, 0.5) is 0 Å². The van der Waals surface area contributed by atoms with Gasteiger partial charge in [0, 0.05) is 21.6 Å². The summed E-state index contributed by atoms with van der Waals surface area (Å²) in [7, 11) is 0.587. The van der Waals surface area contributed by atoms with Crippen molar-refractivity contribution in [2.75, 3.05) is 19.6 Å². The monoisotopic (exact) mass is 654 g/mol. The van der Waals surface area contributed by atoms with Crippen molar-refractivity contribution in [2.45, 2.75) is 97.5 Å². The van der Waals surface area contributed by atoms with Gasteiger partial charge in [-0.3, -0.25) is 0 Å². The molecule has 2 atom stereocenters. The number of fused-ring (bicyclic) bond motifs is 3. The molecule has 0 N–H and O–H groups in total. The molecule has 0 spiro atoms. The Morgan fingerprint density at radius 2 is 1.10 bits per heavy atom. The molecule has 4 aromatic carbocycles. The normalized spacial score (nSPS) is 18.8. The first kappa shape index (κ1) is 33.0. The van der Waals surface area contributed by atoms with E-state index in [-0.39, 0.29) is 5.41 Å². The van der Waals surface area contributed by atoms with Crippen molar-refractivity contribution < 1.29 is 4.74 Å². The second-order valence-corrected chi connectivity index (χ2v) is 20.5. The highest BCUT2D eigenvalue weighted by molar-refractivity contribution is 8.33. The first-order valence-corrected chi connectivity index (χ1v) is 20.4. The number of hydrogen-bond acceptors (Lipinski definition) is 1. The van der Waals surface area contributed by atoms with E-state index in [0.717, 1.165) is 5.75 Å². The fraction of sp³-hybridized carbons (Fsp3) is 0.391. The average molecular weight is 655 g/mol. The van der Waals surface area contributed by atoms with E-state index in [9.17, 15) is 0 Å². The number of aryl methyl sites for hydroxylation is 5. The Labute approximate surface area is 291 Å². The van der Waals surface area contributed by atoms with E-state index in [1.165, 1.54) is 97.2 Å². The Kier molecular flexibility index (Phi) is 7.95. The van der Waals surface area contributed by atoms with E-state index >= 15 is 0 Å². The van der Waals surface area contributed by atoms with Crippen LogP contribution in [0.25, 0.3) is 34.4 Å². The molecule has 0 bridgehead atoms. The van der Waals surface area contributed by atoms with Crippen LogP contribution in [0.1, 0.15) is 113 Å². The van der Waals surface area contributed by atoms with E-state index in [1.807, 2.05) is 7.11 Å². The SMILES string of the molecule is COc1c(C(C)(C)C)cc2c(c1-c1cc(C)cc(C)c1)C=C(C)C2S(C)(C)C1C(C)=Cc2c1cc1c(c2-c2cc(C)cc(C)c2)CCC1. The van der Waals surface area contributed by atoms with Gasteiger partial charge in [0.1, 0.15) is 5.75 Å². The summed E-state index contributed by atoms with van der Waals surface area (Å²) in [5, 5.41) is 0.772. The van der Waals surface area contributed by atoms with Crippen LogP contribution in [0, 0.1) is 27.7 Å². The molecule has 3 aliphatic carbocycles. The van der Waals surface area contributed by atoms with Gasteiger partial charge < -0.3 is 4.74 Å². The molecule has 0 aromatic heterocycles. The lowest BCUT2D eigenvalue weighted by molar-refractivity contribution is 0.399. The minimum absolute atomic E-state index is 0.0638. The first-order valence-electron chi connectivity index (χ1n) is 17.8. The van der Waals surface area contributed by atoms with Gasteiger partial charge in [-0.15, -0.1) is 0 Å². The van der Waals surface area contributed by atoms with Crippen molar-refractivity contribution in [1.29, 1.82) is 0 Å². The number of ether oxygens (including phenoxy) is 1. The molecule has 0 saturated heterocycles. The van der Waals surface area contributed by atoms with Crippen LogP contribution >= 0.6 is 10.0 Å². The molecule has 0 saturated carbocycles. The Hall–Kier alpha value is -3.49. The highest BCUT2D eigenvalue weighted by atomic mass is 32.3. The third-order valence-corrected chi connectivity index (χ3v) is 14.9. The molecule has 2 heteroatoms. The van der Waals surface area contributed by atoms with Gasteiger partial charge in [-0.2, -0.15) is 0 Å². The summed E-state index contributed by atoms with van der Waals surface area (Å²) in [6.45, 7) is 20.7. The Balaban J connectivity index is 1.45. The van der Waals surface area contributed by atoms with Gasteiger partial charge in [-0.1, -0.05) is 109 Å². The van der Waals surface area contributed by atoms with Crippen molar-refractivity contribution in [1.82, 2.24) is 0 Å². The predicted octanol–water partition coefficient (Wildman–Crippen LogP) is 12.7. The van der Waals surface area contributed by atoms with Crippen LogP contribution in [0.5, 0.6) is 5.75 Å². The molecule has 0 aliphatic heterocycles. The molecule has 3 aliphatic rings. The van der Waals surface area contributed by atoms with Crippen molar-refractivity contribution >= 4 is 22.2 Å². The molecule has 1 nitrogen and oxygen atoms in total. The van der Waals surface area contributed by atoms with E-state index < -0.39 is 10.0 Å². The Morgan fingerprint density at radius 1 is 0.625 bits per heavy atom. The minimum Gasteiger partial charge on any atom is -0.496 e. The number of benzene rings is 4. The van der Waals surface area contributed by atoms with Crippen molar-refractivity contribution in [2.24, 2.45) is 0 Å². The summed E-state index contributed by atoms with van der Waals surface area (Å²) in [4.78, 5) is 0. The third kappa shape index (κ3) is 5.22. The predicted molar refractivity (Wildman–Crippen MR) is 212 cm³/mol. The third-order valence-electron chi connectivity index (χ3n) is 11.2. The lowest BCUT2D eigenvalue weighted by Crippen LogP contribution is -2.19. The van der Waals surface area contributed by atoms with Crippen LogP contribution in [-0.2, 0) is 18.3 Å². The van der Waals surface area contributed by atoms with Gasteiger partial charge in [-0.25, -0.2) is 10.0 Å². The minimum atomic E-state index is -1.27. The molecular formula is C46H54OS. The fourth-order valence-corrected chi connectivity index (χ4v) is 13.7. The van der Waals surface area contributed by atoms with Gasteiger partial charge in [0.2, 0.25) is 0 Å². The van der Waals surface area contributed by atoms with Gasteiger partial charge in [0.25, 0.3) is 0 Å². The molecule has 0 radical (unpaired) electrons. The molecular weight excluding hydrogens is 601 g/mol. The zero-order valence-electron chi connectivity index (χ0n) is 31.4. The van der Waals surface area contributed by atoms with E-state index in [2.05, 4.69) is 136 Å². The summed E-state index contributed by atoms with van der Waals surface area (Å²) in [6.07, 6.45) is 14.0. The molecule has 250 valence electrons. The highest BCUT2D eigenvalue weighted by Gasteiger charge is 2.44. The largest absolute Gasteiger partial charge is 0.496 e. The van der Waals surface area contributed by atoms with E-state index in [1.54, 1.807) is 16.7 Å². The zero-order chi connectivity index (χ0) is 34.4. The van der Waals surface area contributed by atoms with Gasteiger partial charge >= 0.3 is 0 Å². The van der Waals surface area contributed by atoms with E-state index in [0.29, 0.717) is 10.5 Å². The summed E-state index contributed by atoms with van der Waals surface area (Å²) in [5.41, 5.74) is 24.1. The van der Waals surface area contributed by atoms with Crippen LogP contribution in [0.15, 0.2) is 59.7 Å². The smallest absolute Gasteiger partial charge is 0.131 e. The second kappa shape index (κ2) is 11.5. The maximum atomic E-state index is 6.36. The van der Waals surface area contributed by atoms with Crippen LogP contribution in [-0.4, -0.2) is 19.6 Å². The topological polar surface area (TPSA) is 9.23 Å². The highest BCUT2D eigenvalue weighted by Crippen LogP contribution is 2.73. The standard InChI is InChI=1S/C46H54OS/c1-26-16-27(2)19-33(18-26)41-35-15-13-14-32(35)24-38-36(41)22-30(5)44(38)48(11,12)45-31(6)23-37-39(45)25-40(46(7,8)9)43(47-10)42(37)34-20-28(3)17-29(4)21-34/h16-25,44-45H,13-15H2,1-12H3.